The van der Waals surface area contributed by atoms with Gasteiger partial charge in [0.05, 0.1) is 0 Å². The summed E-state index contributed by atoms with van der Waals surface area (Å²) in [6, 6.07) is 17.9. The molecule has 0 radical (unpaired) electrons. The van der Waals surface area contributed by atoms with Crippen LogP contribution in [-0.2, 0) is 6.42 Å². The van der Waals surface area contributed by atoms with Crippen LogP contribution in [0, 0.1) is 12.8 Å². The van der Waals surface area contributed by atoms with Crippen LogP contribution in [-0.4, -0.2) is 0 Å². The highest BCUT2D eigenvalue weighted by Gasteiger charge is 2.03. The Morgan fingerprint density at radius 3 is 1.88 bits per heavy atom. The van der Waals surface area contributed by atoms with Gasteiger partial charge in [-0.1, -0.05) is 86.5 Å². The van der Waals surface area contributed by atoms with E-state index >= 15 is 0 Å². The normalized spacial score (nSPS) is 11.3. The highest BCUT2D eigenvalue weighted by Crippen LogP contribution is 2.22. The molecule has 1 atom stereocenters. The lowest BCUT2D eigenvalue weighted by Crippen LogP contribution is -1.97. The molecule has 0 N–H and O–H groups in total. The summed E-state index contributed by atoms with van der Waals surface area (Å²) in [6.07, 6.45) is 7.33. The summed E-state index contributed by atoms with van der Waals surface area (Å²) in [7, 11) is 0. The fourth-order valence-electron chi connectivity index (χ4n) is 2.82. The molecule has 0 bridgehead atoms. The summed E-state index contributed by atoms with van der Waals surface area (Å²) < 4.78 is 0. The van der Waals surface area contributed by atoms with E-state index in [1.54, 1.807) is 0 Å². The van der Waals surface area contributed by atoms with Crippen molar-refractivity contribution in [3.63, 3.8) is 0 Å². The number of benzene rings is 2. The van der Waals surface area contributed by atoms with E-state index < -0.39 is 0 Å². The van der Waals surface area contributed by atoms with E-state index in [4.69, 9.17) is 0 Å². The standard InChI is InChI=1S/C23H30.C2H6/c1-18(2)6-5-7-19(3)8-11-21-12-16-23(17-13-21)22-14-9-20(4)10-15-22;1-2/h6,9-10,12-17,19H,5,7-8,11H2,1-4H3;1-2H3. The maximum atomic E-state index is 2.37. The minimum absolute atomic E-state index is 0.794. The minimum atomic E-state index is 0.794. The summed E-state index contributed by atoms with van der Waals surface area (Å²) in [6.45, 7) is 12.9. The number of hydrogen-bond acceptors (Lipinski definition) is 0. The smallest absolute Gasteiger partial charge is 0.0184 e. The lowest BCUT2D eigenvalue weighted by atomic mass is 9.95. The number of hydrogen-bond donors (Lipinski definition) is 0. The van der Waals surface area contributed by atoms with Crippen LogP contribution in [0.1, 0.15) is 65.0 Å². The van der Waals surface area contributed by atoms with Crippen molar-refractivity contribution < 1.29 is 0 Å². The fourth-order valence-corrected chi connectivity index (χ4v) is 2.82. The molecular weight excluding hydrogens is 300 g/mol. The van der Waals surface area contributed by atoms with Crippen LogP contribution in [0.3, 0.4) is 0 Å². The first-order valence-corrected chi connectivity index (χ1v) is 9.84. The second kappa shape index (κ2) is 11.7. The number of allylic oxidation sites excluding steroid dienone is 2. The first-order chi connectivity index (χ1) is 12.0. The highest BCUT2D eigenvalue weighted by molar-refractivity contribution is 5.63. The third-order valence-electron chi connectivity index (χ3n) is 4.48. The van der Waals surface area contributed by atoms with Gasteiger partial charge in [0, 0.05) is 0 Å². The van der Waals surface area contributed by atoms with Crippen LogP contribution in [0.2, 0.25) is 0 Å². The van der Waals surface area contributed by atoms with Crippen molar-refractivity contribution in [1.29, 1.82) is 0 Å². The van der Waals surface area contributed by atoms with Gasteiger partial charge in [-0.2, -0.15) is 0 Å². The van der Waals surface area contributed by atoms with E-state index in [0.29, 0.717) is 0 Å². The fraction of sp³-hybridized carbons (Fsp3) is 0.440. The Kier molecular flexibility index (Phi) is 9.92. The molecule has 0 aliphatic heterocycles. The summed E-state index contributed by atoms with van der Waals surface area (Å²) in [5.41, 5.74) is 6.81. The molecule has 25 heavy (non-hydrogen) atoms. The van der Waals surface area contributed by atoms with E-state index in [1.165, 1.54) is 53.5 Å². The summed E-state index contributed by atoms with van der Waals surface area (Å²) in [5, 5.41) is 0. The van der Waals surface area contributed by atoms with Crippen molar-refractivity contribution in [2.45, 2.75) is 67.2 Å². The SMILES string of the molecule is CC.CC(C)=CCCC(C)CCc1ccc(-c2ccc(C)cc2)cc1. The summed E-state index contributed by atoms with van der Waals surface area (Å²) >= 11 is 0. The van der Waals surface area contributed by atoms with Gasteiger partial charge in [-0.3, -0.25) is 0 Å². The third kappa shape index (κ3) is 8.20. The number of rotatable bonds is 7. The van der Waals surface area contributed by atoms with E-state index in [2.05, 4.69) is 82.3 Å². The Labute approximate surface area is 156 Å². The molecule has 0 spiro atoms. The van der Waals surface area contributed by atoms with Gasteiger partial charge in [-0.25, -0.2) is 0 Å². The Bertz CT molecular complexity index is 610. The molecule has 0 aliphatic carbocycles. The topological polar surface area (TPSA) is 0 Å². The van der Waals surface area contributed by atoms with Gasteiger partial charge in [0.2, 0.25) is 0 Å². The van der Waals surface area contributed by atoms with Crippen LogP contribution >= 0.6 is 0 Å². The molecule has 0 fully saturated rings. The van der Waals surface area contributed by atoms with Crippen molar-refractivity contribution in [3.05, 3.63) is 71.3 Å². The first-order valence-electron chi connectivity index (χ1n) is 9.84. The van der Waals surface area contributed by atoms with Crippen molar-refractivity contribution in [2.24, 2.45) is 5.92 Å². The second-order valence-corrected chi connectivity index (χ2v) is 7.07. The van der Waals surface area contributed by atoms with Crippen LogP contribution in [0.5, 0.6) is 0 Å². The monoisotopic (exact) mass is 336 g/mol. The van der Waals surface area contributed by atoms with Crippen LogP contribution in [0.25, 0.3) is 11.1 Å². The van der Waals surface area contributed by atoms with Gasteiger partial charge >= 0.3 is 0 Å². The molecule has 0 aliphatic rings. The molecule has 0 heterocycles. The van der Waals surface area contributed by atoms with Gasteiger partial charge in [-0.05, 0) is 69.1 Å². The molecule has 0 nitrogen and oxygen atoms in total. The quantitative estimate of drug-likeness (QED) is 0.449. The Morgan fingerprint density at radius 1 is 0.840 bits per heavy atom. The van der Waals surface area contributed by atoms with E-state index in [9.17, 15) is 0 Å². The third-order valence-corrected chi connectivity index (χ3v) is 4.48. The van der Waals surface area contributed by atoms with Gasteiger partial charge in [0.1, 0.15) is 0 Å². The molecule has 2 aromatic carbocycles. The predicted octanol–water partition coefficient (Wildman–Crippen LogP) is 8.00. The lowest BCUT2D eigenvalue weighted by molar-refractivity contribution is 0.497. The zero-order chi connectivity index (χ0) is 18.7. The van der Waals surface area contributed by atoms with Crippen LogP contribution < -0.4 is 0 Å². The predicted molar refractivity (Wildman–Crippen MR) is 114 cm³/mol. The maximum Gasteiger partial charge on any atom is -0.0184 e. The molecule has 0 saturated carbocycles. The molecule has 0 heteroatoms. The van der Waals surface area contributed by atoms with E-state index in [0.717, 1.165) is 5.92 Å². The zero-order valence-corrected chi connectivity index (χ0v) is 17.1. The molecule has 1 unspecified atom stereocenters. The molecule has 0 saturated heterocycles. The van der Waals surface area contributed by atoms with Crippen LogP contribution in [0.4, 0.5) is 0 Å². The number of aryl methyl sites for hydroxylation is 2. The Balaban J connectivity index is 0.00000151. The van der Waals surface area contributed by atoms with Gasteiger partial charge in [0.25, 0.3) is 0 Å². The highest BCUT2D eigenvalue weighted by atomic mass is 14.1. The van der Waals surface area contributed by atoms with Gasteiger partial charge in [-0.15, -0.1) is 0 Å². The van der Waals surface area contributed by atoms with E-state index in [1.807, 2.05) is 13.8 Å². The van der Waals surface area contributed by atoms with Crippen molar-refractivity contribution in [1.82, 2.24) is 0 Å². The average molecular weight is 337 g/mol. The molecule has 0 aromatic heterocycles. The molecule has 2 aromatic rings. The molecular formula is C25H36. The second-order valence-electron chi connectivity index (χ2n) is 7.07. The minimum Gasteiger partial charge on any atom is -0.0859 e. The van der Waals surface area contributed by atoms with E-state index in [-0.39, 0.29) is 0 Å². The van der Waals surface area contributed by atoms with Gasteiger partial charge < -0.3 is 0 Å². The Hall–Kier alpha value is -1.82. The van der Waals surface area contributed by atoms with Gasteiger partial charge in [0.15, 0.2) is 0 Å². The van der Waals surface area contributed by atoms with Crippen LogP contribution in [0.15, 0.2) is 60.2 Å². The largest absolute Gasteiger partial charge is 0.0859 e. The maximum absolute atomic E-state index is 2.37. The molecule has 0 amide bonds. The van der Waals surface area contributed by atoms with Crippen molar-refractivity contribution >= 4 is 0 Å². The molecule has 136 valence electrons. The van der Waals surface area contributed by atoms with Crippen molar-refractivity contribution in [2.75, 3.05) is 0 Å². The summed E-state index contributed by atoms with van der Waals surface area (Å²) in [4.78, 5) is 0. The molecule has 2 rings (SSSR count). The first kappa shape index (κ1) is 21.2. The Morgan fingerprint density at radius 2 is 1.36 bits per heavy atom. The average Bonchev–Trinajstić information content (AvgIpc) is 2.62. The summed E-state index contributed by atoms with van der Waals surface area (Å²) in [5.74, 6) is 0.794. The lowest BCUT2D eigenvalue weighted by Gasteiger charge is -2.10. The zero-order valence-electron chi connectivity index (χ0n) is 17.1. The van der Waals surface area contributed by atoms with Crippen molar-refractivity contribution in [3.8, 4) is 11.1 Å².